The van der Waals surface area contributed by atoms with Gasteiger partial charge in [0.2, 0.25) is 5.91 Å². The maximum Gasteiger partial charge on any atom is 0.220 e. The van der Waals surface area contributed by atoms with E-state index in [9.17, 15) is 4.79 Å². The molecule has 3 rings (SSSR count). The molecular weight excluding hydrogens is 348 g/mol. The van der Waals surface area contributed by atoms with Gasteiger partial charge < -0.3 is 15.0 Å². The average molecular weight is 379 g/mol. The highest BCUT2D eigenvalue weighted by Gasteiger charge is 2.21. The number of aromatic nitrogens is 1. The molecule has 0 unspecified atom stereocenters. The lowest BCUT2D eigenvalue weighted by atomic mass is 9.88. The molecule has 0 saturated heterocycles. The lowest BCUT2D eigenvalue weighted by Crippen LogP contribution is -2.26. The molecule has 0 aliphatic rings. The van der Waals surface area contributed by atoms with Crippen LogP contribution in [0.15, 0.2) is 54.7 Å². The number of carbonyl (C=O) groups excluding carboxylic acids is 1. The van der Waals surface area contributed by atoms with E-state index in [0.29, 0.717) is 6.42 Å². The van der Waals surface area contributed by atoms with E-state index in [1.54, 1.807) is 7.11 Å². The monoisotopic (exact) mass is 378 g/mol. The van der Waals surface area contributed by atoms with Crippen LogP contribution in [0.5, 0.6) is 5.75 Å². The second kappa shape index (κ2) is 9.98. The number of rotatable bonds is 10. The van der Waals surface area contributed by atoms with Gasteiger partial charge >= 0.3 is 0 Å². The molecule has 2 N–H and O–H groups in total. The van der Waals surface area contributed by atoms with Crippen LogP contribution in [0, 0.1) is 0 Å². The fourth-order valence-corrected chi connectivity index (χ4v) is 3.66. The van der Waals surface area contributed by atoms with Crippen LogP contribution in [0.25, 0.3) is 10.9 Å². The summed E-state index contributed by atoms with van der Waals surface area (Å²) in [5.41, 5.74) is 3.37. The van der Waals surface area contributed by atoms with E-state index in [4.69, 9.17) is 4.74 Å². The molecule has 0 bridgehead atoms. The number of hydrogen-bond acceptors (Lipinski definition) is 2. The molecule has 4 nitrogen and oxygen atoms in total. The summed E-state index contributed by atoms with van der Waals surface area (Å²) in [5, 5.41) is 4.27. The molecule has 0 aliphatic carbocycles. The Morgan fingerprint density at radius 3 is 2.61 bits per heavy atom. The minimum atomic E-state index is -0.00213. The number of hydrogen-bond donors (Lipinski definition) is 2. The van der Waals surface area contributed by atoms with Crippen molar-refractivity contribution in [2.24, 2.45) is 0 Å². The Kier molecular flexibility index (Phi) is 7.12. The van der Waals surface area contributed by atoms with Gasteiger partial charge in [0.25, 0.3) is 0 Å². The third kappa shape index (κ3) is 4.94. The van der Waals surface area contributed by atoms with Gasteiger partial charge in [0.05, 0.1) is 7.11 Å². The van der Waals surface area contributed by atoms with Gasteiger partial charge in [-0.05, 0) is 35.7 Å². The summed E-state index contributed by atoms with van der Waals surface area (Å²) in [6.45, 7) is 2.95. The molecule has 3 aromatic rings. The zero-order chi connectivity index (χ0) is 19.8. The van der Waals surface area contributed by atoms with Crippen LogP contribution in [-0.4, -0.2) is 24.5 Å². The van der Waals surface area contributed by atoms with Gasteiger partial charge in [0.1, 0.15) is 5.75 Å². The maximum atomic E-state index is 12.7. The number of amides is 1. The molecule has 28 heavy (non-hydrogen) atoms. The Labute approximate surface area is 167 Å². The number of nitrogens with one attached hydrogen (secondary N) is 2. The van der Waals surface area contributed by atoms with Gasteiger partial charge in [-0.25, -0.2) is 0 Å². The first-order valence-electron chi connectivity index (χ1n) is 10.2. The zero-order valence-corrected chi connectivity index (χ0v) is 16.8. The fourth-order valence-electron chi connectivity index (χ4n) is 3.66. The van der Waals surface area contributed by atoms with E-state index < -0.39 is 0 Å². The number of benzene rings is 2. The average Bonchev–Trinajstić information content (AvgIpc) is 3.16. The SMILES string of the molecule is CCCCCCNC(=O)C[C@H](c1ccc(OC)cc1)c1c[nH]c2ccccc12. The van der Waals surface area contributed by atoms with Crippen LogP contribution in [0.1, 0.15) is 56.1 Å². The van der Waals surface area contributed by atoms with E-state index in [2.05, 4.69) is 41.5 Å². The van der Waals surface area contributed by atoms with Gasteiger partial charge in [-0.3, -0.25) is 4.79 Å². The predicted molar refractivity (Wildman–Crippen MR) is 115 cm³/mol. The van der Waals surface area contributed by atoms with Gasteiger partial charge in [-0.1, -0.05) is 56.5 Å². The number of ether oxygens (including phenoxy) is 1. The predicted octanol–water partition coefficient (Wildman–Crippen LogP) is 5.40. The van der Waals surface area contributed by atoms with Gasteiger partial charge in [-0.15, -0.1) is 0 Å². The smallest absolute Gasteiger partial charge is 0.220 e. The van der Waals surface area contributed by atoms with E-state index in [0.717, 1.165) is 35.4 Å². The zero-order valence-electron chi connectivity index (χ0n) is 16.8. The molecule has 1 aromatic heterocycles. The molecule has 2 aromatic carbocycles. The summed E-state index contributed by atoms with van der Waals surface area (Å²) in [5.74, 6) is 0.919. The third-order valence-electron chi connectivity index (χ3n) is 5.26. The van der Waals surface area contributed by atoms with E-state index in [1.165, 1.54) is 24.6 Å². The summed E-state index contributed by atoms with van der Waals surface area (Å²) < 4.78 is 5.29. The van der Waals surface area contributed by atoms with E-state index in [-0.39, 0.29) is 11.8 Å². The van der Waals surface area contributed by atoms with Crippen molar-refractivity contribution in [2.75, 3.05) is 13.7 Å². The number of fused-ring (bicyclic) bond motifs is 1. The van der Waals surface area contributed by atoms with Gasteiger partial charge in [0, 0.05) is 36.0 Å². The lowest BCUT2D eigenvalue weighted by molar-refractivity contribution is -0.121. The normalized spacial score (nSPS) is 12.1. The molecule has 1 heterocycles. The Hall–Kier alpha value is -2.75. The molecule has 0 fully saturated rings. The van der Waals surface area contributed by atoms with Crippen molar-refractivity contribution in [2.45, 2.75) is 44.9 Å². The maximum absolute atomic E-state index is 12.7. The van der Waals surface area contributed by atoms with Gasteiger partial charge in [-0.2, -0.15) is 0 Å². The number of para-hydroxylation sites is 1. The highest BCUT2D eigenvalue weighted by molar-refractivity contribution is 5.86. The minimum Gasteiger partial charge on any atom is -0.497 e. The van der Waals surface area contributed by atoms with Crippen LogP contribution < -0.4 is 10.1 Å². The second-order valence-electron chi connectivity index (χ2n) is 7.23. The lowest BCUT2D eigenvalue weighted by Gasteiger charge is -2.18. The van der Waals surface area contributed by atoms with Crippen LogP contribution in [-0.2, 0) is 4.79 Å². The van der Waals surface area contributed by atoms with Crippen molar-refractivity contribution < 1.29 is 9.53 Å². The van der Waals surface area contributed by atoms with E-state index >= 15 is 0 Å². The highest BCUT2D eigenvalue weighted by Crippen LogP contribution is 2.34. The van der Waals surface area contributed by atoms with E-state index in [1.807, 2.05) is 30.5 Å². The van der Waals surface area contributed by atoms with Crippen molar-refractivity contribution in [3.63, 3.8) is 0 Å². The van der Waals surface area contributed by atoms with Crippen LogP contribution in [0.3, 0.4) is 0 Å². The minimum absolute atomic E-state index is 0.00213. The van der Waals surface area contributed by atoms with Crippen LogP contribution in [0.2, 0.25) is 0 Å². The van der Waals surface area contributed by atoms with Crippen molar-refractivity contribution in [1.82, 2.24) is 10.3 Å². The van der Waals surface area contributed by atoms with Crippen molar-refractivity contribution in [1.29, 1.82) is 0 Å². The van der Waals surface area contributed by atoms with Crippen LogP contribution >= 0.6 is 0 Å². The van der Waals surface area contributed by atoms with Crippen molar-refractivity contribution in [3.05, 3.63) is 65.9 Å². The second-order valence-corrected chi connectivity index (χ2v) is 7.23. The number of aromatic amines is 1. The molecule has 0 spiro atoms. The standard InChI is InChI=1S/C24H30N2O2/c1-3-4-5-8-15-25-24(27)16-21(18-11-13-19(28-2)14-12-18)22-17-26-23-10-7-6-9-20(22)23/h6-7,9-14,17,21,26H,3-5,8,15-16H2,1-2H3,(H,25,27)/t21-/m1/s1. The molecule has 1 atom stereocenters. The largest absolute Gasteiger partial charge is 0.497 e. The summed E-state index contributed by atoms with van der Waals surface area (Å²) >= 11 is 0. The quantitative estimate of drug-likeness (QED) is 0.464. The first-order valence-corrected chi connectivity index (χ1v) is 10.2. The Balaban J connectivity index is 1.79. The summed E-state index contributed by atoms with van der Waals surface area (Å²) in [7, 11) is 1.66. The molecule has 148 valence electrons. The molecule has 0 saturated carbocycles. The first kappa shape index (κ1) is 20.0. The number of H-pyrrole nitrogens is 1. The van der Waals surface area contributed by atoms with Crippen LogP contribution in [0.4, 0.5) is 0 Å². The number of unbranched alkanes of at least 4 members (excludes halogenated alkanes) is 3. The van der Waals surface area contributed by atoms with Crippen molar-refractivity contribution in [3.8, 4) is 5.75 Å². The fraction of sp³-hybridized carbons (Fsp3) is 0.375. The third-order valence-corrected chi connectivity index (χ3v) is 5.26. The summed E-state index contributed by atoms with van der Waals surface area (Å²) in [4.78, 5) is 16.0. The summed E-state index contributed by atoms with van der Waals surface area (Å²) in [6, 6.07) is 16.3. The van der Waals surface area contributed by atoms with Gasteiger partial charge in [0.15, 0.2) is 0 Å². The number of methoxy groups -OCH3 is 1. The highest BCUT2D eigenvalue weighted by atomic mass is 16.5. The molecular formula is C24H30N2O2. The molecule has 0 radical (unpaired) electrons. The molecule has 1 amide bonds. The summed E-state index contributed by atoms with van der Waals surface area (Å²) in [6.07, 6.45) is 7.10. The topological polar surface area (TPSA) is 54.1 Å². The number of carbonyl (C=O) groups is 1. The first-order chi connectivity index (χ1) is 13.7. The Morgan fingerprint density at radius 1 is 1.07 bits per heavy atom. The molecule has 0 aliphatic heterocycles. The Bertz CT molecular complexity index is 883. The Morgan fingerprint density at radius 2 is 1.86 bits per heavy atom. The van der Waals surface area contributed by atoms with Crippen molar-refractivity contribution >= 4 is 16.8 Å². The molecule has 4 heteroatoms.